The van der Waals surface area contributed by atoms with Gasteiger partial charge in [-0.05, 0) is 42.5 Å². The molecule has 2 aromatic rings. The largest absolute Gasteiger partial charge is 0.352 e. The third kappa shape index (κ3) is 5.44. The van der Waals surface area contributed by atoms with Gasteiger partial charge in [0.15, 0.2) is 0 Å². The molecular weight excluding hydrogens is 431 g/mol. The quantitative estimate of drug-likeness (QED) is 0.730. The first-order valence-corrected chi connectivity index (χ1v) is 8.33. The van der Waals surface area contributed by atoms with E-state index in [1.807, 2.05) is 0 Å². The highest BCUT2D eigenvalue weighted by Gasteiger charge is 2.09. The van der Waals surface area contributed by atoms with Crippen LogP contribution < -0.4 is 10.6 Å². The van der Waals surface area contributed by atoms with Crippen molar-refractivity contribution < 1.29 is 14.0 Å². The molecule has 0 heterocycles. The fraction of sp³-hybridized carbons (Fsp3) is 0.125. The van der Waals surface area contributed by atoms with Gasteiger partial charge in [-0.3, -0.25) is 9.59 Å². The molecule has 120 valence electrons. The molecule has 23 heavy (non-hydrogen) atoms. The Morgan fingerprint density at radius 2 is 1.65 bits per heavy atom. The molecule has 0 bridgehead atoms. The number of benzene rings is 2. The third-order valence-corrected chi connectivity index (χ3v) is 3.97. The molecule has 0 aliphatic carbocycles. The Hall–Kier alpha value is -1.73. The van der Waals surface area contributed by atoms with Crippen molar-refractivity contribution in [3.8, 4) is 0 Å². The zero-order chi connectivity index (χ0) is 16.8. The lowest BCUT2D eigenvalue weighted by Gasteiger charge is -2.08. The van der Waals surface area contributed by atoms with Gasteiger partial charge in [0.25, 0.3) is 5.91 Å². The van der Waals surface area contributed by atoms with Gasteiger partial charge in [-0.25, -0.2) is 4.39 Å². The minimum atomic E-state index is -0.522. The van der Waals surface area contributed by atoms with Gasteiger partial charge in [-0.2, -0.15) is 0 Å². The van der Waals surface area contributed by atoms with Gasteiger partial charge in [-0.15, -0.1) is 0 Å². The smallest absolute Gasteiger partial charge is 0.251 e. The van der Waals surface area contributed by atoms with Crippen molar-refractivity contribution in [3.63, 3.8) is 0 Å². The second-order valence-corrected chi connectivity index (χ2v) is 6.52. The van der Waals surface area contributed by atoms with Crippen LogP contribution in [0.15, 0.2) is 51.4 Å². The standard InChI is InChI=1S/C16H13Br2FN2O2/c17-11-3-1-10(2-4-11)16(23)20-8-7-15(22)21-14-6-5-12(18)9-13(14)19/h1-6,9H,7-8H2,(H,20,23)(H,21,22). The average Bonchev–Trinajstić information content (AvgIpc) is 2.50. The van der Waals surface area contributed by atoms with Crippen LogP contribution in [0.25, 0.3) is 0 Å². The highest BCUT2D eigenvalue weighted by molar-refractivity contribution is 9.10. The lowest BCUT2D eigenvalue weighted by Crippen LogP contribution is -2.27. The Morgan fingerprint density at radius 3 is 2.30 bits per heavy atom. The average molecular weight is 444 g/mol. The van der Waals surface area contributed by atoms with Crippen LogP contribution in [0.5, 0.6) is 0 Å². The summed E-state index contributed by atoms with van der Waals surface area (Å²) in [6.07, 6.45) is 0.0533. The van der Waals surface area contributed by atoms with Gasteiger partial charge in [-0.1, -0.05) is 31.9 Å². The topological polar surface area (TPSA) is 58.2 Å². The van der Waals surface area contributed by atoms with Gasteiger partial charge in [0, 0.05) is 27.5 Å². The zero-order valence-electron chi connectivity index (χ0n) is 11.9. The van der Waals surface area contributed by atoms with Crippen LogP contribution >= 0.6 is 31.9 Å². The monoisotopic (exact) mass is 442 g/mol. The number of carbonyl (C=O) groups is 2. The van der Waals surface area contributed by atoms with E-state index >= 15 is 0 Å². The molecule has 0 aliphatic heterocycles. The van der Waals surface area contributed by atoms with Crippen molar-refractivity contribution in [2.45, 2.75) is 6.42 Å². The van der Waals surface area contributed by atoms with Gasteiger partial charge in [0.05, 0.1) is 5.69 Å². The Kier molecular flexibility index (Phi) is 6.29. The first-order chi connectivity index (χ1) is 11.0. The predicted octanol–water partition coefficient (Wildman–Crippen LogP) is 4.11. The maximum absolute atomic E-state index is 13.6. The van der Waals surface area contributed by atoms with E-state index in [0.717, 1.165) is 4.47 Å². The summed E-state index contributed by atoms with van der Waals surface area (Å²) in [4.78, 5) is 23.6. The van der Waals surface area contributed by atoms with E-state index in [4.69, 9.17) is 0 Å². The molecule has 0 saturated heterocycles. The highest BCUT2D eigenvalue weighted by Crippen LogP contribution is 2.19. The fourth-order valence-corrected chi connectivity index (χ4v) is 2.39. The van der Waals surface area contributed by atoms with Gasteiger partial charge in [0.2, 0.25) is 5.91 Å². The number of carbonyl (C=O) groups excluding carboxylic acids is 2. The van der Waals surface area contributed by atoms with Gasteiger partial charge in [0.1, 0.15) is 5.82 Å². The van der Waals surface area contributed by atoms with Crippen LogP contribution in [0.2, 0.25) is 0 Å². The van der Waals surface area contributed by atoms with Crippen molar-refractivity contribution in [2.75, 3.05) is 11.9 Å². The molecule has 2 aromatic carbocycles. The molecule has 0 fully saturated rings. The van der Waals surface area contributed by atoms with Crippen LogP contribution in [0.3, 0.4) is 0 Å². The number of rotatable bonds is 5. The highest BCUT2D eigenvalue weighted by atomic mass is 79.9. The van der Waals surface area contributed by atoms with Crippen LogP contribution in [0.1, 0.15) is 16.8 Å². The van der Waals surface area contributed by atoms with E-state index < -0.39 is 5.82 Å². The summed E-state index contributed by atoms with van der Waals surface area (Å²) >= 11 is 6.43. The Bertz CT molecular complexity index is 721. The fourth-order valence-electron chi connectivity index (χ4n) is 1.80. The minimum absolute atomic E-state index is 0.0533. The molecule has 0 unspecified atom stereocenters. The van der Waals surface area contributed by atoms with E-state index in [2.05, 4.69) is 42.5 Å². The van der Waals surface area contributed by atoms with E-state index in [0.29, 0.717) is 10.0 Å². The number of nitrogens with one attached hydrogen (secondary N) is 2. The maximum Gasteiger partial charge on any atom is 0.251 e. The molecule has 2 rings (SSSR count). The zero-order valence-corrected chi connectivity index (χ0v) is 15.1. The first kappa shape index (κ1) is 17.6. The molecule has 0 aromatic heterocycles. The van der Waals surface area contributed by atoms with Gasteiger partial charge < -0.3 is 10.6 Å². The van der Waals surface area contributed by atoms with Crippen LogP contribution in [-0.4, -0.2) is 18.4 Å². The van der Waals surface area contributed by atoms with Crippen molar-refractivity contribution >= 4 is 49.4 Å². The number of hydrogen-bond donors (Lipinski definition) is 2. The second kappa shape index (κ2) is 8.21. The van der Waals surface area contributed by atoms with Crippen molar-refractivity contribution in [3.05, 3.63) is 62.8 Å². The molecule has 0 spiro atoms. The lowest BCUT2D eigenvalue weighted by atomic mass is 10.2. The normalized spacial score (nSPS) is 10.2. The Balaban J connectivity index is 1.80. The Morgan fingerprint density at radius 1 is 1.00 bits per heavy atom. The first-order valence-electron chi connectivity index (χ1n) is 6.74. The number of amides is 2. The summed E-state index contributed by atoms with van der Waals surface area (Å²) in [7, 11) is 0. The number of hydrogen-bond acceptors (Lipinski definition) is 2. The van der Waals surface area contributed by atoms with Crippen LogP contribution in [-0.2, 0) is 4.79 Å². The Labute approximate surface area is 149 Å². The number of anilines is 1. The van der Waals surface area contributed by atoms with Crippen molar-refractivity contribution in [2.24, 2.45) is 0 Å². The summed E-state index contributed by atoms with van der Waals surface area (Å²) in [5.41, 5.74) is 0.616. The molecule has 0 aliphatic rings. The van der Waals surface area contributed by atoms with E-state index in [9.17, 15) is 14.0 Å². The maximum atomic E-state index is 13.6. The summed E-state index contributed by atoms with van der Waals surface area (Å²) < 4.78 is 15.1. The summed E-state index contributed by atoms with van der Waals surface area (Å²) in [5, 5.41) is 5.11. The predicted molar refractivity (Wildman–Crippen MR) is 93.8 cm³/mol. The molecular formula is C16H13Br2FN2O2. The van der Waals surface area contributed by atoms with Crippen molar-refractivity contribution in [1.29, 1.82) is 0 Å². The molecule has 2 amide bonds. The van der Waals surface area contributed by atoms with Crippen LogP contribution in [0, 0.1) is 5.82 Å². The lowest BCUT2D eigenvalue weighted by molar-refractivity contribution is -0.116. The molecule has 2 N–H and O–H groups in total. The second-order valence-electron chi connectivity index (χ2n) is 4.69. The van der Waals surface area contributed by atoms with E-state index in [1.165, 1.54) is 12.1 Å². The summed E-state index contributed by atoms with van der Waals surface area (Å²) in [6, 6.07) is 11.2. The van der Waals surface area contributed by atoms with E-state index in [1.54, 1.807) is 30.3 Å². The minimum Gasteiger partial charge on any atom is -0.352 e. The van der Waals surface area contributed by atoms with Crippen molar-refractivity contribution in [1.82, 2.24) is 5.32 Å². The molecule has 0 saturated carbocycles. The van der Waals surface area contributed by atoms with E-state index in [-0.39, 0.29) is 30.5 Å². The number of halogens is 3. The third-order valence-electron chi connectivity index (χ3n) is 2.95. The summed E-state index contributed by atoms with van der Waals surface area (Å²) in [6.45, 7) is 0.166. The summed E-state index contributed by atoms with van der Waals surface area (Å²) in [5.74, 6) is -1.16. The molecule has 4 nitrogen and oxygen atoms in total. The molecule has 0 atom stereocenters. The van der Waals surface area contributed by atoms with Gasteiger partial charge >= 0.3 is 0 Å². The SMILES string of the molecule is O=C(CCNC(=O)c1ccc(Br)cc1)Nc1ccc(Br)cc1F. The van der Waals surface area contributed by atoms with Crippen LogP contribution in [0.4, 0.5) is 10.1 Å². The molecule has 0 radical (unpaired) electrons. The molecule has 7 heteroatoms.